The van der Waals surface area contributed by atoms with Crippen molar-refractivity contribution in [3.63, 3.8) is 0 Å². The molecule has 0 aromatic carbocycles. The first-order valence-electron chi connectivity index (χ1n) is 33.3. The van der Waals surface area contributed by atoms with Gasteiger partial charge in [-0.1, -0.05) is 326 Å². The molecule has 0 fully saturated rings. The van der Waals surface area contributed by atoms with Gasteiger partial charge in [0.25, 0.3) is 0 Å². The lowest BCUT2D eigenvalue weighted by molar-refractivity contribution is -0.167. The van der Waals surface area contributed by atoms with Crippen LogP contribution in [0.3, 0.4) is 0 Å². The predicted molar refractivity (Wildman–Crippen MR) is 330 cm³/mol. The highest BCUT2D eigenvalue weighted by atomic mass is 16.6. The van der Waals surface area contributed by atoms with Crippen molar-refractivity contribution in [1.29, 1.82) is 0 Å². The summed E-state index contributed by atoms with van der Waals surface area (Å²) in [6.07, 6.45) is 82.3. The Morgan fingerprint density at radius 3 is 0.803 bits per heavy atom. The number of allylic oxidation sites excluding steroid dienone is 10. The van der Waals surface area contributed by atoms with Gasteiger partial charge in [-0.2, -0.15) is 0 Å². The average molecular weight is 1060 g/mol. The molecule has 0 saturated carbocycles. The summed E-state index contributed by atoms with van der Waals surface area (Å²) in [5.74, 6) is -0.891. The maximum atomic E-state index is 12.9. The topological polar surface area (TPSA) is 78.9 Å². The van der Waals surface area contributed by atoms with E-state index in [0.717, 1.165) is 96.3 Å². The summed E-state index contributed by atoms with van der Waals surface area (Å²) in [7, 11) is 0. The Morgan fingerprint density at radius 2 is 0.513 bits per heavy atom. The van der Waals surface area contributed by atoms with Crippen LogP contribution in [0.25, 0.3) is 0 Å². The molecule has 442 valence electrons. The van der Waals surface area contributed by atoms with Crippen molar-refractivity contribution in [2.45, 2.75) is 354 Å². The minimum Gasteiger partial charge on any atom is -0.462 e. The second kappa shape index (κ2) is 64.6. The molecule has 6 heteroatoms. The van der Waals surface area contributed by atoms with Gasteiger partial charge in [-0.15, -0.1) is 0 Å². The van der Waals surface area contributed by atoms with Crippen LogP contribution in [-0.4, -0.2) is 37.2 Å². The summed E-state index contributed by atoms with van der Waals surface area (Å²) in [5, 5.41) is 0. The number of hydrogen-bond donors (Lipinski definition) is 0. The number of unbranched alkanes of at least 4 members (excludes halogenated alkanes) is 40. The first-order valence-corrected chi connectivity index (χ1v) is 33.3. The molecule has 0 aliphatic carbocycles. The van der Waals surface area contributed by atoms with Crippen LogP contribution in [0.4, 0.5) is 0 Å². The van der Waals surface area contributed by atoms with E-state index in [1.165, 1.54) is 212 Å². The van der Waals surface area contributed by atoms with Crippen LogP contribution < -0.4 is 0 Å². The molecule has 0 aliphatic heterocycles. The van der Waals surface area contributed by atoms with Gasteiger partial charge in [0.05, 0.1) is 0 Å². The van der Waals surface area contributed by atoms with Crippen molar-refractivity contribution >= 4 is 17.9 Å². The Bertz CT molecular complexity index is 1360. The highest BCUT2D eigenvalue weighted by molar-refractivity contribution is 5.71. The van der Waals surface area contributed by atoms with E-state index in [1.54, 1.807) is 0 Å². The number of carbonyl (C=O) groups is 3. The zero-order valence-corrected chi connectivity index (χ0v) is 50.8. The summed E-state index contributed by atoms with van der Waals surface area (Å²) < 4.78 is 16.9. The molecule has 0 radical (unpaired) electrons. The maximum absolute atomic E-state index is 12.9. The Hall–Kier alpha value is -2.89. The fourth-order valence-electron chi connectivity index (χ4n) is 9.83. The molecule has 0 saturated heterocycles. The molecule has 0 aliphatic rings. The van der Waals surface area contributed by atoms with Crippen LogP contribution in [0.2, 0.25) is 0 Å². The number of carbonyl (C=O) groups excluding carboxylic acids is 3. The number of ether oxygens (including phenoxy) is 3. The van der Waals surface area contributed by atoms with Gasteiger partial charge in [-0.25, -0.2) is 0 Å². The Kier molecular flexibility index (Phi) is 62.2. The van der Waals surface area contributed by atoms with Gasteiger partial charge < -0.3 is 14.2 Å². The quantitative estimate of drug-likeness (QED) is 0.0261. The van der Waals surface area contributed by atoms with E-state index in [2.05, 4.69) is 81.5 Å². The second-order valence-corrected chi connectivity index (χ2v) is 22.4. The maximum Gasteiger partial charge on any atom is 0.306 e. The highest BCUT2D eigenvalue weighted by Crippen LogP contribution is 2.18. The van der Waals surface area contributed by atoms with E-state index in [-0.39, 0.29) is 31.1 Å². The Labute approximate surface area is 472 Å². The van der Waals surface area contributed by atoms with Crippen molar-refractivity contribution < 1.29 is 28.6 Å². The van der Waals surface area contributed by atoms with Crippen molar-refractivity contribution in [2.24, 2.45) is 0 Å². The van der Waals surface area contributed by atoms with Gasteiger partial charge in [-0.05, 0) is 64.2 Å². The fourth-order valence-corrected chi connectivity index (χ4v) is 9.83. The molecule has 76 heavy (non-hydrogen) atoms. The van der Waals surface area contributed by atoms with Crippen molar-refractivity contribution in [2.75, 3.05) is 13.2 Å². The normalized spacial score (nSPS) is 12.4. The summed E-state index contributed by atoms with van der Waals surface area (Å²) in [6.45, 7) is 6.57. The van der Waals surface area contributed by atoms with Crippen LogP contribution in [0, 0.1) is 0 Å². The lowest BCUT2D eigenvalue weighted by Crippen LogP contribution is -2.30. The molecule has 1 atom stereocenters. The van der Waals surface area contributed by atoms with Crippen LogP contribution in [0.15, 0.2) is 60.8 Å². The molecule has 0 aromatic heterocycles. The highest BCUT2D eigenvalue weighted by Gasteiger charge is 2.19. The number of rotatable bonds is 61. The monoisotopic (exact) mass is 1060 g/mol. The Balaban J connectivity index is 4.37. The van der Waals surface area contributed by atoms with Crippen molar-refractivity contribution in [1.82, 2.24) is 0 Å². The fraction of sp³-hybridized carbons (Fsp3) is 0.814. The molecule has 6 nitrogen and oxygen atoms in total. The van der Waals surface area contributed by atoms with Gasteiger partial charge in [0.1, 0.15) is 13.2 Å². The van der Waals surface area contributed by atoms with E-state index in [4.69, 9.17) is 14.2 Å². The van der Waals surface area contributed by atoms with Gasteiger partial charge in [0.2, 0.25) is 0 Å². The number of esters is 3. The van der Waals surface area contributed by atoms with Crippen LogP contribution >= 0.6 is 0 Å². The van der Waals surface area contributed by atoms with E-state index in [1.807, 2.05) is 0 Å². The summed E-state index contributed by atoms with van der Waals surface area (Å²) >= 11 is 0. The van der Waals surface area contributed by atoms with E-state index >= 15 is 0 Å². The number of hydrogen-bond acceptors (Lipinski definition) is 6. The van der Waals surface area contributed by atoms with Crippen LogP contribution in [0.5, 0.6) is 0 Å². The standard InChI is InChI=1S/C70H126O6/c1-4-7-10-13-16-19-22-25-28-31-34-35-37-39-42-45-48-51-54-57-60-63-69(72)75-66-67(65-74-68(71)62-59-56-53-50-47-44-41-38-33-30-27-24-21-18-15-12-9-6-3)76-70(73)64-61-58-55-52-49-46-43-40-36-32-29-26-23-20-17-14-11-8-5-2/h8,11,17,20,26,29,36,40,46,49,67H,4-7,9-10,12-16,18-19,21-25,27-28,30-35,37-39,41-45,47-48,50-66H2,1-3H3/b11-8-,20-17-,29-26-,40-36-,49-46-. The van der Waals surface area contributed by atoms with Gasteiger partial charge in [0.15, 0.2) is 6.10 Å². The Morgan fingerprint density at radius 1 is 0.276 bits per heavy atom. The lowest BCUT2D eigenvalue weighted by Gasteiger charge is -2.18. The minimum absolute atomic E-state index is 0.0830. The molecule has 0 bridgehead atoms. The zero-order valence-electron chi connectivity index (χ0n) is 50.8. The smallest absolute Gasteiger partial charge is 0.306 e. The summed E-state index contributed by atoms with van der Waals surface area (Å²) in [5.41, 5.74) is 0. The van der Waals surface area contributed by atoms with Crippen LogP contribution in [0.1, 0.15) is 348 Å². The average Bonchev–Trinajstić information content (AvgIpc) is 3.42. The molecule has 1 unspecified atom stereocenters. The van der Waals surface area contributed by atoms with E-state index in [0.29, 0.717) is 19.3 Å². The van der Waals surface area contributed by atoms with E-state index < -0.39 is 6.10 Å². The minimum atomic E-state index is -0.790. The SMILES string of the molecule is CC/C=C\C/C=C\C/C=C\C/C=C\C/C=C\CCCCCC(=O)OC(COC(=O)CCCCCCCCCCCCCCCCCCCC)COC(=O)CCCCCCCCCCCCCCCCCCCCCCC. The molecule has 0 aromatic rings. The zero-order chi connectivity index (χ0) is 55.0. The lowest BCUT2D eigenvalue weighted by atomic mass is 10.0. The molecule has 0 rings (SSSR count). The third-order valence-corrected chi connectivity index (χ3v) is 14.8. The largest absolute Gasteiger partial charge is 0.462 e. The van der Waals surface area contributed by atoms with Crippen molar-refractivity contribution in [3.05, 3.63) is 60.8 Å². The molecule has 0 spiro atoms. The van der Waals surface area contributed by atoms with Crippen LogP contribution in [-0.2, 0) is 28.6 Å². The third-order valence-electron chi connectivity index (χ3n) is 14.8. The third kappa shape index (κ3) is 62.0. The molecular formula is C70H126O6. The van der Waals surface area contributed by atoms with Crippen molar-refractivity contribution in [3.8, 4) is 0 Å². The van der Waals surface area contributed by atoms with Gasteiger partial charge in [0, 0.05) is 19.3 Å². The first kappa shape index (κ1) is 73.1. The molecule has 0 amide bonds. The second-order valence-electron chi connectivity index (χ2n) is 22.4. The van der Waals surface area contributed by atoms with E-state index in [9.17, 15) is 14.4 Å². The molecule has 0 heterocycles. The van der Waals surface area contributed by atoms with Gasteiger partial charge in [-0.3, -0.25) is 14.4 Å². The van der Waals surface area contributed by atoms with Gasteiger partial charge >= 0.3 is 17.9 Å². The summed E-state index contributed by atoms with van der Waals surface area (Å²) in [4.78, 5) is 38.4. The predicted octanol–water partition coefficient (Wildman–Crippen LogP) is 22.7. The first-order chi connectivity index (χ1) is 37.5. The summed E-state index contributed by atoms with van der Waals surface area (Å²) in [6, 6.07) is 0. The molecule has 0 N–H and O–H groups in total. The molecular weight excluding hydrogens is 937 g/mol.